The Hall–Kier alpha value is -1.88. The van der Waals surface area contributed by atoms with Crippen LogP contribution in [0, 0.1) is 6.92 Å². The number of carbonyl (C=O) groups is 1. The van der Waals surface area contributed by atoms with Crippen LogP contribution < -0.4 is 5.32 Å². The molecule has 0 spiro atoms. The van der Waals surface area contributed by atoms with E-state index in [4.69, 9.17) is 0 Å². The van der Waals surface area contributed by atoms with Gasteiger partial charge in [-0.3, -0.25) is 4.79 Å². The van der Waals surface area contributed by atoms with Crippen molar-refractivity contribution in [2.75, 3.05) is 13.1 Å². The van der Waals surface area contributed by atoms with Crippen molar-refractivity contribution in [3.63, 3.8) is 0 Å². The molecule has 1 amide bonds. The molecule has 5 nitrogen and oxygen atoms in total. The maximum Gasteiger partial charge on any atom is 0.222 e. The number of hydrogen-bond donors (Lipinski definition) is 1. The molecule has 1 N–H and O–H groups in total. The highest BCUT2D eigenvalue weighted by molar-refractivity contribution is 5.78. The number of nitrogens with zero attached hydrogens (tertiary/aromatic N) is 3. The van der Waals surface area contributed by atoms with E-state index in [1.165, 1.54) is 5.69 Å². The summed E-state index contributed by atoms with van der Waals surface area (Å²) in [4.78, 5) is 18.2. The summed E-state index contributed by atoms with van der Waals surface area (Å²) in [7, 11) is 0. The summed E-state index contributed by atoms with van der Waals surface area (Å²) < 4.78 is 2.12. The maximum atomic E-state index is 11.7. The molecular formula is C16H22N4O. The van der Waals surface area contributed by atoms with E-state index in [1.807, 2.05) is 36.2 Å². The molecular weight excluding hydrogens is 264 g/mol. The third-order valence-electron chi connectivity index (χ3n) is 4.11. The lowest BCUT2D eigenvalue weighted by Crippen LogP contribution is -2.39. The van der Waals surface area contributed by atoms with E-state index >= 15 is 0 Å². The van der Waals surface area contributed by atoms with Crippen molar-refractivity contribution < 1.29 is 4.79 Å². The predicted molar refractivity (Wildman–Crippen MR) is 82.0 cm³/mol. The average Bonchev–Trinajstić information content (AvgIpc) is 3.00. The number of pyridine rings is 1. The second-order valence-corrected chi connectivity index (χ2v) is 5.80. The molecule has 5 heteroatoms. The standard InChI is InChI=1S/C16H22N4O/c1-12(11-19-8-5-7-16(19)21)17-10-14-13(2)18-15-6-3-4-9-20(14)15/h3-4,6,9,12,17H,5,7-8,10-11H2,1-2H3. The Bertz CT molecular complexity index is 649. The number of nitrogens with one attached hydrogen (secondary N) is 1. The topological polar surface area (TPSA) is 49.6 Å². The maximum absolute atomic E-state index is 11.7. The van der Waals surface area contributed by atoms with Gasteiger partial charge in [0.1, 0.15) is 5.65 Å². The number of aromatic nitrogens is 2. The number of rotatable bonds is 5. The fourth-order valence-electron chi connectivity index (χ4n) is 2.94. The lowest BCUT2D eigenvalue weighted by molar-refractivity contribution is -0.127. The van der Waals surface area contributed by atoms with Gasteiger partial charge in [0.05, 0.1) is 11.4 Å². The Labute approximate surface area is 125 Å². The number of likely N-dealkylation sites (tertiary alicyclic amines) is 1. The predicted octanol–water partition coefficient (Wildman–Crippen LogP) is 1.74. The summed E-state index contributed by atoms with van der Waals surface area (Å²) in [5.74, 6) is 0.287. The minimum atomic E-state index is 0.278. The quantitative estimate of drug-likeness (QED) is 0.911. The summed E-state index contributed by atoms with van der Waals surface area (Å²) in [6, 6.07) is 6.31. The molecule has 1 atom stereocenters. The third kappa shape index (κ3) is 2.93. The molecule has 0 bridgehead atoms. The van der Waals surface area contributed by atoms with E-state index in [-0.39, 0.29) is 11.9 Å². The van der Waals surface area contributed by atoms with Gasteiger partial charge in [-0.05, 0) is 32.4 Å². The minimum absolute atomic E-state index is 0.278. The lowest BCUT2D eigenvalue weighted by atomic mass is 10.2. The molecule has 2 aromatic rings. The molecule has 0 saturated carbocycles. The summed E-state index contributed by atoms with van der Waals surface area (Å²) in [6.45, 7) is 6.62. The molecule has 3 heterocycles. The van der Waals surface area contributed by atoms with Gasteiger partial charge < -0.3 is 14.6 Å². The Morgan fingerprint density at radius 2 is 2.29 bits per heavy atom. The van der Waals surface area contributed by atoms with Crippen LogP contribution in [-0.4, -0.2) is 39.3 Å². The highest BCUT2D eigenvalue weighted by Crippen LogP contribution is 2.13. The van der Waals surface area contributed by atoms with Crippen molar-refractivity contribution >= 4 is 11.6 Å². The molecule has 2 aromatic heterocycles. The fourth-order valence-corrected chi connectivity index (χ4v) is 2.94. The zero-order valence-electron chi connectivity index (χ0n) is 12.7. The minimum Gasteiger partial charge on any atom is -0.341 e. The molecule has 1 unspecified atom stereocenters. The van der Waals surface area contributed by atoms with Gasteiger partial charge in [0.2, 0.25) is 5.91 Å². The van der Waals surface area contributed by atoms with Crippen LogP contribution in [0.5, 0.6) is 0 Å². The number of aryl methyl sites for hydroxylation is 1. The summed E-state index contributed by atoms with van der Waals surface area (Å²) in [6.07, 6.45) is 3.75. The Morgan fingerprint density at radius 3 is 3.05 bits per heavy atom. The van der Waals surface area contributed by atoms with Crippen molar-refractivity contribution in [2.24, 2.45) is 0 Å². The largest absolute Gasteiger partial charge is 0.341 e. The van der Waals surface area contributed by atoms with E-state index in [2.05, 4.69) is 21.6 Å². The summed E-state index contributed by atoms with van der Waals surface area (Å²) in [5.41, 5.74) is 3.22. The van der Waals surface area contributed by atoms with Crippen LogP contribution in [0.1, 0.15) is 31.2 Å². The zero-order chi connectivity index (χ0) is 14.8. The smallest absolute Gasteiger partial charge is 0.222 e. The van der Waals surface area contributed by atoms with Gasteiger partial charge in [-0.15, -0.1) is 0 Å². The molecule has 112 valence electrons. The molecule has 1 fully saturated rings. The van der Waals surface area contributed by atoms with E-state index < -0.39 is 0 Å². The van der Waals surface area contributed by atoms with Crippen LogP contribution in [0.2, 0.25) is 0 Å². The number of hydrogen-bond acceptors (Lipinski definition) is 3. The number of imidazole rings is 1. The van der Waals surface area contributed by atoms with Crippen molar-refractivity contribution in [3.8, 4) is 0 Å². The van der Waals surface area contributed by atoms with Crippen LogP contribution in [0.4, 0.5) is 0 Å². The van der Waals surface area contributed by atoms with E-state index in [0.717, 1.165) is 37.4 Å². The first-order valence-electron chi connectivity index (χ1n) is 7.59. The lowest BCUT2D eigenvalue weighted by Gasteiger charge is -2.21. The Morgan fingerprint density at radius 1 is 1.43 bits per heavy atom. The second-order valence-electron chi connectivity index (χ2n) is 5.80. The average molecular weight is 286 g/mol. The number of carbonyl (C=O) groups excluding carboxylic acids is 1. The van der Waals surface area contributed by atoms with E-state index in [1.54, 1.807) is 0 Å². The fraction of sp³-hybridized carbons (Fsp3) is 0.500. The van der Waals surface area contributed by atoms with Crippen molar-refractivity contribution in [3.05, 3.63) is 35.8 Å². The normalized spacial score (nSPS) is 16.9. The molecule has 1 aliphatic rings. The molecule has 3 rings (SSSR count). The molecule has 1 saturated heterocycles. The third-order valence-corrected chi connectivity index (χ3v) is 4.11. The van der Waals surface area contributed by atoms with Crippen molar-refractivity contribution in [2.45, 2.75) is 39.3 Å². The highest BCUT2D eigenvalue weighted by atomic mass is 16.2. The van der Waals surface area contributed by atoms with Gasteiger partial charge in [0.25, 0.3) is 0 Å². The van der Waals surface area contributed by atoms with Crippen LogP contribution in [0.15, 0.2) is 24.4 Å². The highest BCUT2D eigenvalue weighted by Gasteiger charge is 2.21. The van der Waals surface area contributed by atoms with Gasteiger partial charge in [-0.1, -0.05) is 6.07 Å². The SMILES string of the molecule is Cc1nc2ccccn2c1CNC(C)CN1CCCC1=O. The Kier molecular flexibility index (Phi) is 3.92. The van der Waals surface area contributed by atoms with Crippen LogP contribution in [0.25, 0.3) is 5.65 Å². The Balaban J connectivity index is 1.63. The molecule has 0 radical (unpaired) electrons. The van der Waals surface area contributed by atoms with Crippen LogP contribution in [0.3, 0.4) is 0 Å². The molecule has 0 aliphatic carbocycles. The monoisotopic (exact) mass is 286 g/mol. The first-order valence-corrected chi connectivity index (χ1v) is 7.59. The first-order chi connectivity index (χ1) is 10.1. The number of fused-ring (bicyclic) bond motifs is 1. The van der Waals surface area contributed by atoms with E-state index in [9.17, 15) is 4.79 Å². The van der Waals surface area contributed by atoms with Gasteiger partial charge >= 0.3 is 0 Å². The first kappa shape index (κ1) is 14.1. The van der Waals surface area contributed by atoms with Gasteiger partial charge in [0.15, 0.2) is 0 Å². The van der Waals surface area contributed by atoms with E-state index in [0.29, 0.717) is 6.42 Å². The zero-order valence-corrected chi connectivity index (χ0v) is 12.7. The van der Waals surface area contributed by atoms with Crippen LogP contribution in [-0.2, 0) is 11.3 Å². The number of amides is 1. The van der Waals surface area contributed by atoms with Crippen molar-refractivity contribution in [1.82, 2.24) is 19.6 Å². The summed E-state index contributed by atoms with van der Waals surface area (Å²) >= 11 is 0. The molecule has 21 heavy (non-hydrogen) atoms. The molecule has 1 aliphatic heterocycles. The van der Waals surface area contributed by atoms with Gasteiger partial charge in [-0.25, -0.2) is 4.98 Å². The van der Waals surface area contributed by atoms with Crippen LogP contribution >= 0.6 is 0 Å². The van der Waals surface area contributed by atoms with Crippen molar-refractivity contribution in [1.29, 1.82) is 0 Å². The summed E-state index contributed by atoms with van der Waals surface area (Å²) in [5, 5.41) is 3.51. The van der Waals surface area contributed by atoms with Gasteiger partial charge in [-0.2, -0.15) is 0 Å². The van der Waals surface area contributed by atoms with Gasteiger partial charge in [0, 0.05) is 38.3 Å². The second kappa shape index (κ2) is 5.85. The molecule has 0 aromatic carbocycles.